The zero-order valence-corrected chi connectivity index (χ0v) is 19.5. The van der Waals surface area contributed by atoms with Crippen molar-refractivity contribution in [2.75, 3.05) is 25.7 Å². The highest BCUT2D eigenvalue weighted by molar-refractivity contribution is 9.09. The van der Waals surface area contributed by atoms with Crippen LogP contribution in [0.4, 0.5) is 0 Å². The molecule has 1 unspecified atom stereocenters. The number of ether oxygens (including phenoxy) is 2. The van der Waals surface area contributed by atoms with Crippen molar-refractivity contribution in [1.29, 1.82) is 0 Å². The van der Waals surface area contributed by atoms with Gasteiger partial charge in [0.1, 0.15) is 10.7 Å². The van der Waals surface area contributed by atoms with Gasteiger partial charge < -0.3 is 13.7 Å². The van der Waals surface area contributed by atoms with Crippen LogP contribution in [0.5, 0.6) is 5.75 Å². The normalized spacial score (nSPS) is 18.7. The molecule has 9 nitrogen and oxygen atoms in total. The maximum Gasteiger partial charge on any atom is 0.360 e. The standard InChI is InChI=1S/C20H23BrN2O7S/c1-3-14-12-29-11-13(9-10-21)18-22-16(20(25)28-2)17(19(24)23(14)18)30-31(26,27)15-7-5-4-6-8-15/h4-8,13-14H,3,9-12H2,1-2H3/t13?,14-/m0/s1. The quantitative estimate of drug-likeness (QED) is 0.314. The highest BCUT2D eigenvalue weighted by atomic mass is 79.9. The number of hydrogen-bond acceptors (Lipinski definition) is 8. The van der Waals surface area contributed by atoms with E-state index in [0.717, 1.165) is 7.11 Å². The van der Waals surface area contributed by atoms with E-state index >= 15 is 0 Å². The van der Waals surface area contributed by atoms with Crippen molar-refractivity contribution in [3.63, 3.8) is 0 Å². The summed E-state index contributed by atoms with van der Waals surface area (Å²) in [5.41, 5.74) is -1.24. The summed E-state index contributed by atoms with van der Waals surface area (Å²) in [6.45, 7) is 2.45. The highest BCUT2D eigenvalue weighted by Gasteiger charge is 2.34. The van der Waals surface area contributed by atoms with Gasteiger partial charge in [-0.15, -0.1) is 0 Å². The second-order valence-corrected chi connectivity index (χ2v) is 9.28. The molecule has 0 amide bonds. The Labute approximate surface area is 188 Å². The number of hydrogen-bond donors (Lipinski definition) is 0. The fourth-order valence-electron chi connectivity index (χ4n) is 3.37. The molecule has 31 heavy (non-hydrogen) atoms. The number of fused-ring (bicyclic) bond motifs is 1. The van der Waals surface area contributed by atoms with Gasteiger partial charge in [-0.2, -0.15) is 8.42 Å². The SMILES string of the molecule is CC[C@H]1COCC(CCBr)c2nc(C(=O)OC)c(OS(=O)(=O)c3ccccc3)c(=O)n21. The molecule has 0 saturated heterocycles. The predicted molar refractivity (Wildman–Crippen MR) is 115 cm³/mol. The smallest absolute Gasteiger partial charge is 0.360 e. The first-order valence-corrected chi connectivity index (χ1v) is 12.2. The largest absolute Gasteiger partial charge is 0.464 e. The summed E-state index contributed by atoms with van der Waals surface area (Å²) in [5.74, 6) is -1.57. The van der Waals surface area contributed by atoms with E-state index in [-0.39, 0.29) is 23.5 Å². The van der Waals surface area contributed by atoms with Gasteiger partial charge in [-0.05, 0) is 25.0 Å². The second-order valence-electron chi connectivity index (χ2n) is 6.94. The number of rotatable bonds is 7. The number of esters is 1. The molecule has 3 rings (SSSR count). The molecule has 0 N–H and O–H groups in total. The Morgan fingerprint density at radius 1 is 1.29 bits per heavy atom. The molecule has 0 spiro atoms. The predicted octanol–water partition coefficient (Wildman–Crippen LogP) is 2.65. The third-order valence-electron chi connectivity index (χ3n) is 4.99. The lowest BCUT2D eigenvalue weighted by atomic mass is 10.1. The van der Waals surface area contributed by atoms with Gasteiger partial charge >= 0.3 is 16.1 Å². The van der Waals surface area contributed by atoms with Gasteiger partial charge in [-0.3, -0.25) is 9.36 Å². The van der Waals surface area contributed by atoms with Gasteiger partial charge in [-0.1, -0.05) is 41.1 Å². The summed E-state index contributed by atoms with van der Waals surface area (Å²) in [5, 5.41) is 0.627. The number of aromatic nitrogens is 2. The van der Waals surface area contributed by atoms with Crippen molar-refractivity contribution in [3.05, 3.63) is 52.2 Å². The molecule has 2 atom stereocenters. The summed E-state index contributed by atoms with van der Waals surface area (Å²) >= 11 is 3.39. The van der Waals surface area contributed by atoms with Gasteiger partial charge in [0.15, 0.2) is 5.69 Å². The monoisotopic (exact) mass is 514 g/mol. The van der Waals surface area contributed by atoms with Crippen LogP contribution in [-0.2, 0) is 19.6 Å². The Morgan fingerprint density at radius 3 is 2.61 bits per heavy atom. The van der Waals surface area contributed by atoms with Crippen LogP contribution in [0.15, 0.2) is 40.0 Å². The number of alkyl halides is 1. The molecular weight excluding hydrogens is 492 g/mol. The molecule has 11 heteroatoms. The molecule has 0 radical (unpaired) electrons. The van der Waals surface area contributed by atoms with Crippen LogP contribution < -0.4 is 9.74 Å². The number of halogens is 1. The van der Waals surface area contributed by atoms with Crippen LogP contribution in [0.2, 0.25) is 0 Å². The van der Waals surface area contributed by atoms with Crippen LogP contribution in [-0.4, -0.2) is 49.6 Å². The van der Waals surface area contributed by atoms with Crippen LogP contribution in [0, 0.1) is 0 Å². The number of carbonyl (C=O) groups is 1. The first kappa shape index (κ1) is 23.4. The topological polar surface area (TPSA) is 114 Å². The molecule has 2 heterocycles. The Bertz CT molecular complexity index is 1100. The highest BCUT2D eigenvalue weighted by Crippen LogP contribution is 2.29. The fraction of sp³-hybridized carbons (Fsp3) is 0.450. The lowest BCUT2D eigenvalue weighted by Crippen LogP contribution is -2.34. The molecule has 1 aliphatic rings. The van der Waals surface area contributed by atoms with Gasteiger partial charge in [-0.25, -0.2) is 9.78 Å². The van der Waals surface area contributed by atoms with Crippen LogP contribution in [0.3, 0.4) is 0 Å². The summed E-state index contributed by atoms with van der Waals surface area (Å²) in [6.07, 6.45) is 1.14. The number of carbonyl (C=O) groups excluding carboxylic acids is 1. The van der Waals surface area contributed by atoms with Gasteiger partial charge in [0.25, 0.3) is 5.56 Å². The van der Waals surface area contributed by atoms with E-state index in [1.807, 2.05) is 6.92 Å². The van der Waals surface area contributed by atoms with Gasteiger partial charge in [0.2, 0.25) is 5.75 Å². The fourth-order valence-corrected chi connectivity index (χ4v) is 4.88. The number of methoxy groups -OCH3 is 1. The Morgan fingerprint density at radius 2 is 2.00 bits per heavy atom. The molecule has 0 bridgehead atoms. The molecular formula is C20H23BrN2O7S. The van der Waals surface area contributed by atoms with Crippen molar-refractivity contribution >= 4 is 32.0 Å². The van der Waals surface area contributed by atoms with Crippen molar-refractivity contribution in [1.82, 2.24) is 9.55 Å². The average Bonchev–Trinajstić information content (AvgIpc) is 2.95. The molecule has 1 aromatic carbocycles. The van der Waals surface area contributed by atoms with Gasteiger partial charge in [0, 0.05) is 11.2 Å². The minimum Gasteiger partial charge on any atom is -0.464 e. The first-order chi connectivity index (χ1) is 14.8. The molecule has 0 aliphatic carbocycles. The zero-order valence-electron chi connectivity index (χ0n) is 17.1. The third kappa shape index (κ3) is 4.83. The average molecular weight is 515 g/mol. The number of benzene rings is 1. The minimum atomic E-state index is -4.38. The summed E-state index contributed by atoms with van der Waals surface area (Å²) in [7, 11) is -3.26. The first-order valence-electron chi connectivity index (χ1n) is 9.72. The maximum atomic E-state index is 13.5. The van der Waals surface area contributed by atoms with Crippen LogP contribution in [0.25, 0.3) is 0 Å². The second kappa shape index (κ2) is 9.92. The Kier molecular flexibility index (Phi) is 7.50. The zero-order chi connectivity index (χ0) is 22.6. The van der Waals surface area contributed by atoms with E-state index in [0.29, 0.717) is 30.6 Å². The number of nitrogens with zero attached hydrogens (tertiary/aromatic N) is 2. The van der Waals surface area contributed by atoms with E-state index < -0.39 is 33.1 Å². The van der Waals surface area contributed by atoms with Crippen molar-refractivity contribution in [3.8, 4) is 5.75 Å². The molecule has 1 aromatic heterocycles. The summed E-state index contributed by atoms with van der Waals surface area (Å²) in [4.78, 5) is 30.2. The van der Waals surface area contributed by atoms with E-state index in [9.17, 15) is 18.0 Å². The molecule has 0 saturated carbocycles. The van der Waals surface area contributed by atoms with Crippen LogP contribution >= 0.6 is 15.9 Å². The van der Waals surface area contributed by atoms with Crippen molar-refractivity contribution < 1.29 is 26.9 Å². The molecule has 0 fully saturated rings. The summed E-state index contributed by atoms with van der Waals surface area (Å²) in [6, 6.07) is 6.97. The Balaban J connectivity index is 2.25. The van der Waals surface area contributed by atoms with E-state index in [1.165, 1.54) is 28.8 Å². The Hall–Kier alpha value is -2.24. The molecule has 168 valence electrons. The van der Waals surface area contributed by atoms with Crippen LogP contribution in [0.1, 0.15) is 48.0 Å². The van der Waals surface area contributed by atoms with Crippen molar-refractivity contribution in [2.45, 2.75) is 36.6 Å². The lowest BCUT2D eigenvalue weighted by Gasteiger charge is -2.22. The van der Waals surface area contributed by atoms with Gasteiger partial charge in [0.05, 0.1) is 26.4 Å². The third-order valence-corrected chi connectivity index (χ3v) is 6.69. The van der Waals surface area contributed by atoms with E-state index in [4.69, 9.17) is 13.7 Å². The minimum absolute atomic E-state index is 0.155. The lowest BCUT2D eigenvalue weighted by molar-refractivity contribution is 0.0590. The summed E-state index contributed by atoms with van der Waals surface area (Å²) < 4.78 is 42.7. The van der Waals surface area contributed by atoms with Crippen molar-refractivity contribution in [2.24, 2.45) is 0 Å². The van der Waals surface area contributed by atoms with E-state index in [1.54, 1.807) is 6.07 Å². The maximum absolute atomic E-state index is 13.5. The molecule has 2 aromatic rings. The van der Waals surface area contributed by atoms with E-state index in [2.05, 4.69) is 20.9 Å². The molecule has 1 aliphatic heterocycles.